The summed E-state index contributed by atoms with van der Waals surface area (Å²) in [5, 5.41) is 10.0. The van der Waals surface area contributed by atoms with E-state index in [1.807, 2.05) is 31.2 Å². The molecule has 0 aliphatic carbocycles. The van der Waals surface area contributed by atoms with Gasteiger partial charge in [0.05, 0.1) is 12.2 Å². The molecular weight excluding hydrogens is 419 g/mol. The van der Waals surface area contributed by atoms with Gasteiger partial charge in [-0.3, -0.25) is 19.0 Å². The standard InChI is InChI=1S/C27H35FN2O3/c1-19(20(2)31)16-30-11-10-22-14-24(32)6-9-26(22)27(30,3)23-4-7-25(8-5-23)33-13-12-29-17-21(15-28)18-29/h4-9,14,19,21,32H,10-13,15-18H2,1-3H3/t19-,27+/m0/s1. The van der Waals surface area contributed by atoms with E-state index in [9.17, 15) is 14.3 Å². The largest absolute Gasteiger partial charge is 0.508 e. The first-order valence-corrected chi connectivity index (χ1v) is 11.9. The Morgan fingerprint density at radius 1 is 1.24 bits per heavy atom. The smallest absolute Gasteiger partial charge is 0.133 e. The molecule has 6 heteroatoms. The van der Waals surface area contributed by atoms with Gasteiger partial charge < -0.3 is 9.84 Å². The van der Waals surface area contributed by atoms with Crippen molar-refractivity contribution in [3.63, 3.8) is 0 Å². The zero-order valence-corrected chi connectivity index (χ0v) is 19.9. The molecule has 0 saturated carbocycles. The average Bonchev–Trinajstić information content (AvgIpc) is 2.77. The summed E-state index contributed by atoms with van der Waals surface area (Å²) in [6, 6.07) is 13.8. The maximum atomic E-state index is 12.6. The summed E-state index contributed by atoms with van der Waals surface area (Å²) in [5.74, 6) is 1.43. The summed E-state index contributed by atoms with van der Waals surface area (Å²) in [6.45, 7) is 10.1. The number of hydrogen-bond donors (Lipinski definition) is 1. The normalized spacial score (nSPS) is 22.4. The molecule has 0 radical (unpaired) electrons. The fourth-order valence-corrected chi connectivity index (χ4v) is 5.11. The minimum absolute atomic E-state index is 0.0518. The van der Waals surface area contributed by atoms with Gasteiger partial charge in [-0.05, 0) is 61.2 Å². The number of carbonyl (C=O) groups is 1. The van der Waals surface area contributed by atoms with Gasteiger partial charge in [-0.1, -0.05) is 25.1 Å². The molecule has 4 rings (SSSR count). The highest BCUT2D eigenvalue weighted by Crippen LogP contribution is 2.42. The number of carbonyl (C=O) groups excluding carboxylic acids is 1. The maximum Gasteiger partial charge on any atom is 0.133 e. The lowest BCUT2D eigenvalue weighted by Crippen LogP contribution is -2.51. The van der Waals surface area contributed by atoms with Crippen molar-refractivity contribution in [3.05, 3.63) is 59.2 Å². The molecule has 1 fully saturated rings. The molecule has 2 atom stereocenters. The van der Waals surface area contributed by atoms with Crippen molar-refractivity contribution < 1.29 is 19.0 Å². The number of nitrogens with zero attached hydrogens (tertiary/aromatic N) is 2. The number of aromatic hydroxyl groups is 1. The maximum absolute atomic E-state index is 12.6. The number of phenolic OH excluding ortho intramolecular Hbond substituents is 1. The van der Waals surface area contributed by atoms with Gasteiger partial charge in [-0.2, -0.15) is 0 Å². The molecule has 2 heterocycles. The molecule has 2 aromatic carbocycles. The second-order valence-electron chi connectivity index (χ2n) is 9.77. The number of ketones is 1. The van der Waals surface area contributed by atoms with E-state index >= 15 is 0 Å². The quantitative estimate of drug-likeness (QED) is 0.620. The van der Waals surface area contributed by atoms with Crippen LogP contribution in [0.25, 0.3) is 0 Å². The van der Waals surface area contributed by atoms with Crippen LogP contribution >= 0.6 is 0 Å². The number of fused-ring (bicyclic) bond motifs is 1. The number of rotatable bonds is 9. The third-order valence-electron chi connectivity index (χ3n) is 7.43. The van der Waals surface area contributed by atoms with Crippen LogP contribution in [0.5, 0.6) is 11.5 Å². The first-order chi connectivity index (χ1) is 15.8. The molecule has 0 aromatic heterocycles. The molecule has 5 nitrogen and oxygen atoms in total. The van der Waals surface area contributed by atoms with E-state index in [-0.39, 0.29) is 30.0 Å². The zero-order valence-electron chi connectivity index (χ0n) is 19.9. The topological polar surface area (TPSA) is 53.0 Å². The SMILES string of the molecule is CC(=O)[C@@H](C)CN1CCc2cc(O)ccc2[C@@]1(C)c1ccc(OCCN2CC(CF)C2)cc1. The molecule has 0 bridgehead atoms. The van der Waals surface area contributed by atoms with Gasteiger partial charge in [0.15, 0.2) is 0 Å². The highest BCUT2D eigenvalue weighted by molar-refractivity contribution is 5.78. The lowest BCUT2D eigenvalue weighted by atomic mass is 9.76. The third-order valence-corrected chi connectivity index (χ3v) is 7.43. The van der Waals surface area contributed by atoms with E-state index in [2.05, 4.69) is 28.9 Å². The van der Waals surface area contributed by atoms with E-state index in [1.165, 1.54) is 0 Å². The molecule has 2 aromatic rings. The number of ether oxygens (including phenoxy) is 1. The predicted octanol–water partition coefficient (Wildman–Crippen LogP) is 4.02. The van der Waals surface area contributed by atoms with Crippen molar-refractivity contribution in [1.82, 2.24) is 9.80 Å². The van der Waals surface area contributed by atoms with Crippen LogP contribution < -0.4 is 4.74 Å². The molecular formula is C27H35FN2O3. The second-order valence-corrected chi connectivity index (χ2v) is 9.77. The van der Waals surface area contributed by atoms with Gasteiger partial charge in [0.1, 0.15) is 23.9 Å². The lowest BCUT2D eigenvalue weighted by molar-refractivity contribution is -0.121. The Labute approximate surface area is 196 Å². The van der Waals surface area contributed by atoms with Crippen LogP contribution in [0.4, 0.5) is 4.39 Å². The summed E-state index contributed by atoms with van der Waals surface area (Å²) in [7, 11) is 0. The number of halogens is 1. The number of benzene rings is 2. The van der Waals surface area contributed by atoms with Crippen LogP contribution in [-0.4, -0.2) is 66.7 Å². The average molecular weight is 455 g/mol. The zero-order chi connectivity index (χ0) is 23.6. The summed E-state index contributed by atoms with van der Waals surface area (Å²) in [6.07, 6.45) is 0.838. The summed E-state index contributed by atoms with van der Waals surface area (Å²) in [4.78, 5) is 16.6. The van der Waals surface area contributed by atoms with Crippen molar-refractivity contribution >= 4 is 5.78 Å². The minimum Gasteiger partial charge on any atom is -0.508 e. The predicted molar refractivity (Wildman–Crippen MR) is 128 cm³/mol. The van der Waals surface area contributed by atoms with Crippen molar-refractivity contribution in [2.24, 2.45) is 11.8 Å². The minimum atomic E-state index is -0.414. The van der Waals surface area contributed by atoms with Crippen molar-refractivity contribution in [2.75, 3.05) is 46.0 Å². The molecule has 2 aliphatic heterocycles. The van der Waals surface area contributed by atoms with Crippen LogP contribution in [0.3, 0.4) is 0 Å². The number of Topliss-reactive ketones (excluding diaryl/α,β-unsaturated/α-hetero) is 1. The third kappa shape index (κ3) is 4.92. The number of alkyl halides is 1. The fourth-order valence-electron chi connectivity index (χ4n) is 5.11. The Bertz CT molecular complexity index is 974. The van der Waals surface area contributed by atoms with Gasteiger partial charge in [0.2, 0.25) is 0 Å². The first-order valence-electron chi connectivity index (χ1n) is 11.9. The highest BCUT2D eigenvalue weighted by Gasteiger charge is 2.41. The van der Waals surface area contributed by atoms with Gasteiger partial charge >= 0.3 is 0 Å². The van der Waals surface area contributed by atoms with Gasteiger partial charge in [-0.25, -0.2) is 0 Å². The van der Waals surface area contributed by atoms with Crippen molar-refractivity contribution in [3.8, 4) is 11.5 Å². The lowest BCUT2D eigenvalue weighted by Gasteiger charge is -2.47. The molecule has 0 spiro atoms. The van der Waals surface area contributed by atoms with Crippen molar-refractivity contribution in [2.45, 2.75) is 32.7 Å². The van der Waals surface area contributed by atoms with Gasteiger partial charge in [-0.15, -0.1) is 0 Å². The molecule has 0 unspecified atom stereocenters. The number of phenols is 1. The first kappa shape index (κ1) is 23.7. The Morgan fingerprint density at radius 2 is 1.97 bits per heavy atom. The summed E-state index contributed by atoms with van der Waals surface area (Å²) < 4.78 is 18.5. The van der Waals surface area contributed by atoms with Gasteiger partial charge in [0.25, 0.3) is 0 Å². The molecule has 2 aliphatic rings. The second kappa shape index (κ2) is 9.82. The van der Waals surface area contributed by atoms with E-state index in [0.717, 1.165) is 55.0 Å². The number of hydrogen-bond acceptors (Lipinski definition) is 5. The van der Waals surface area contributed by atoms with Crippen LogP contribution in [0.15, 0.2) is 42.5 Å². The van der Waals surface area contributed by atoms with Gasteiger partial charge in [0, 0.05) is 44.6 Å². The van der Waals surface area contributed by atoms with Crippen LogP contribution in [0, 0.1) is 11.8 Å². The van der Waals surface area contributed by atoms with E-state index in [1.54, 1.807) is 13.0 Å². The Hall–Kier alpha value is -2.44. The number of likely N-dealkylation sites (tertiary alicyclic amines) is 1. The van der Waals surface area contributed by atoms with Crippen molar-refractivity contribution in [1.29, 1.82) is 0 Å². The monoisotopic (exact) mass is 454 g/mol. The molecule has 0 amide bonds. The summed E-state index contributed by atoms with van der Waals surface area (Å²) in [5.41, 5.74) is 3.02. The molecule has 1 N–H and O–H groups in total. The Kier molecular flexibility index (Phi) is 7.05. The van der Waals surface area contributed by atoms with Crippen LogP contribution in [0.2, 0.25) is 0 Å². The Morgan fingerprint density at radius 3 is 2.64 bits per heavy atom. The highest BCUT2D eigenvalue weighted by atomic mass is 19.1. The van der Waals surface area contributed by atoms with E-state index in [0.29, 0.717) is 13.2 Å². The van der Waals surface area contributed by atoms with E-state index < -0.39 is 5.54 Å². The summed E-state index contributed by atoms with van der Waals surface area (Å²) >= 11 is 0. The van der Waals surface area contributed by atoms with Crippen LogP contribution in [0.1, 0.15) is 37.5 Å². The Balaban J connectivity index is 1.52. The fraction of sp³-hybridized carbons (Fsp3) is 0.519. The molecule has 1 saturated heterocycles. The van der Waals surface area contributed by atoms with Crippen LogP contribution in [-0.2, 0) is 16.8 Å². The van der Waals surface area contributed by atoms with E-state index in [4.69, 9.17) is 4.74 Å². The molecule has 33 heavy (non-hydrogen) atoms. The molecule has 178 valence electrons.